The van der Waals surface area contributed by atoms with Crippen LogP contribution in [0, 0.1) is 0 Å². The van der Waals surface area contributed by atoms with E-state index in [0.29, 0.717) is 5.16 Å². The fraction of sp³-hybridized carbons (Fsp3) is 0.167. The van der Waals surface area contributed by atoms with Gasteiger partial charge in [-0.25, -0.2) is 0 Å². The summed E-state index contributed by atoms with van der Waals surface area (Å²) in [7, 11) is 1.39. The van der Waals surface area contributed by atoms with Crippen LogP contribution in [0.25, 0.3) is 17.1 Å². The molecule has 122 valence electrons. The van der Waals surface area contributed by atoms with Gasteiger partial charge in [0.25, 0.3) is 0 Å². The highest BCUT2D eigenvalue weighted by Gasteiger charge is 2.21. The molecule has 0 aliphatic heterocycles. The summed E-state index contributed by atoms with van der Waals surface area (Å²) in [6.45, 7) is 1.79. The van der Waals surface area contributed by atoms with Crippen molar-refractivity contribution in [2.75, 3.05) is 7.11 Å². The van der Waals surface area contributed by atoms with Gasteiger partial charge in [0.05, 0.1) is 7.11 Å². The first-order chi connectivity index (χ1) is 11.7. The number of aromatic nitrogens is 3. The van der Waals surface area contributed by atoms with E-state index in [1.54, 1.807) is 6.92 Å². The third kappa shape index (κ3) is 3.33. The van der Waals surface area contributed by atoms with Gasteiger partial charge in [-0.3, -0.25) is 9.36 Å². The largest absolute Gasteiger partial charge is 0.468 e. The summed E-state index contributed by atoms with van der Waals surface area (Å²) in [6.07, 6.45) is 0. The van der Waals surface area contributed by atoms with E-state index in [1.165, 1.54) is 18.9 Å². The van der Waals surface area contributed by atoms with Gasteiger partial charge in [-0.15, -0.1) is 10.2 Å². The van der Waals surface area contributed by atoms with Crippen LogP contribution in [0.3, 0.4) is 0 Å². The fourth-order valence-corrected chi connectivity index (χ4v) is 3.20. The molecular weight excluding hydrogens is 322 g/mol. The maximum atomic E-state index is 11.7. The molecule has 1 aromatic heterocycles. The third-order valence-corrected chi connectivity index (χ3v) is 4.52. The zero-order valence-electron chi connectivity index (χ0n) is 13.4. The second kappa shape index (κ2) is 7.31. The average Bonchev–Trinajstić information content (AvgIpc) is 3.06. The topological polar surface area (TPSA) is 57.0 Å². The molecule has 0 radical (unpaired) electrons. The van der Waals surface area contributed by atoms with Crippen molar-refractivity contribution in [1.29, 1.82) is 0 Å². The van der Waals surface area contributed by atoms with Crippen LogP contribution in [0.4, 0.5) is 0 Å². The van der Waals surface area contributed by atoms with E-state index >= 15 is 0 Å². The minimum absolute atomic E-state index is 0.288. The van der Waals surface area contributed by atoms with Crippen LogP contribution >= 0.6 is 11.8 Å². The van der Waals surface area contributed by atoms with Gasteiger partial charge in [-0.1, -0.05) is 60.3 Å². The molecule has 2 aromatic carbocycles. The fourth-order valence-electron chi connectivity index (χ4n) is 2.30. The van der Waals surface area contributed by atoms with Gasteiger partial charge in [0.2, 0.25) is 0 Å². The van der Waals surface area contributed by atoms with Gasteiger partial charge in [-0.2, -0.15) is 0 Å². The van der Waals surface area contributed by atoms with Crippen LogP contribution in [0.15, 0.2) is 65.8 Å². The predicted molar refractivity (Wildman–Crippen MR) is 94.1 cm³/mol. The zero-order valence-corrected chi connectivity index (χ0v) is 14.2. The van der Waals surface area contributed by atoms with E-state index in [4.69, 9.17) is 4.74 Å². The van der Waals surface area contributed by atoms with E-state index in [9.17, 15) is 4.79 Å². The third-order valence-electron chi connectivity index (χ3n) is 3.50. The predicted octanol–water partition coefficient (Wildman–Crippen LogP) is 3.59. The lowest BCUT2D eigenvalue weighted by atomic mass is 10.2. The van der Waals surface area contributed by atoms with Crippen LogP contribution in [0.2, 0.25) is 0 Å². The minimum atomic E-state index is -0.370. The normalized spacial score (nSPS) is 11.9. The molecule has 0 saturated heterocycles. The van der Waals surface area contributed by atoms with E-state index in [2.05, 4.69) is 10.2 Å². The maximum Gasteiger partial charge on any atom is 0.318 e. The van der Waals surface area contributed by atoms with Crippen molar-refractivity contribution in [2.24, 2.45) is 0 Å². The molecule has 0 aliphatic carbocycles. The molecule has 0 bridgehead atoms. The number of carbonyl (C=O) groups is 1. The quantitative estimate of drug-likeness (QED) is 0.525. The van der Waals surface area contributed by atoms with Gasteiger partial charge in [0.1, 0.15) is 5.25 Å². The second-order valence-corrected chi connectivity index (χ2v) is 6.43. The van der Waals surface area contributed by atoms with Crippen LogP contribution in [0.1, 0.15) is 6.92 Å². The van der Waals surface area contributed by atoms with Crippen molar-refractivity contribution in [1.82, 2.24) is 14.8 Å². The molecule has 0 fully saturated rings. The monoisotopic (exact) mass is 339 g/mol. The van der Waals surface area contributed by atoms with Gasteiger partial charge in [0, 0.05) is 11.3 Å². The molecule has 1 heterocycles. The molecule has 6 heteroatoms. The number of esters is 1. The summed E-state index contributed by atoms with van der Waals surface area (Å²) in [5.41, 5.74) is 1.91. The maximum absolute atomic E-state index is 11.7. The lowest BCUT2D eigenvalue weighted by Gasteiger charge is -2.12. The Morgan fingerprint density at radius 3 is 2.29 bits per heavy atom. The Morgan fingerprint density at radius 1 is 1.04 bits per heavy atom. The number of thioether (sulfide) groups is 1. The number of ether oxygens (including phenoxy) is 1. The van der Waals surface area contributed by atoms with Crippen LogP contribution in [0.5, 0.6) is 0 Å². The molecule has 3 aromatic rings. The molecule has 1 atom stereocenters. The van der Waals surface area contributed by atoms with Crippen LogP contribution in [-0.2, 0) is 9.53 Å². The second-order valence-electron chi connectivity index (χ2n) is 5.13. The van der Waals surface area contributed by atoms with Crippen molar-refractivity contribution in [2.45, 2.75) is 17.3 Å². The van der Waals surface area contributed by atoms with Crippen molar-refractivity contribution in [3.63, 3.8) is 0 Å². The Hall–Kier alpha value is -2.60. The lowest BCUT2D eigenvalue weighted by Crippen LogP contribution is -2.15. The molecule has 0 amide bonds. The molecule has 0 spiro atoms. The van der Waals surface area contributed by atoms with E-state index in [0.717, 1.165) is 17.1 Å². The first-order valence-electron chi connectivity index (χ1n) is 7.51. The standard InChI is InChI=1S/C18H17N3O2S/c1-13(17(22)23-2)24-18-20-19-16(14-9-5-3-6-10-14)21(18)15-11-7-4-8-12-15/h3-13H,1-2H3. The van der Waals surface area contributed by atoms with Crippen molar-refractivity contribution in [3.05, 3.63) is 60.7 Å². The number of hydrogen-bond acceptors (Lipinski definition) is 5. The molecule has 24 heavy (non-hydrogen) atoms. The van der Waals surface area contributed by atoms with Crippen molar-refractivity contribution >= 4 is 17.7 Å². The van der Waals surface area contributed by atoms with Crippen LogP contribution in [-0.4, -0.2) is 33.1 Å². The van der Waals surface area contributed by atoms with Gasteiger partial charge >= 0.3 is 5.97 Å². The molecule has 0 N–H and O–H groups in total. The number of para-hydroxylation sites is 1. The SMILES string of the molecule is COC(=O)C(C)Sc1nnc(-c2ccccc2)n1-c1ccccc1. The summed E-state index contributed by atoms with van der Waals surface area (Å²) in [5.74, 6) is 0.449. The molecule has 0 aliphatic rings. The Balaban J connectivity index is 2.07. The smallest absolute Gasteiger partial charge is 0.318 e. The first kappa shape index (κ1) is 16.3. The summed E-state index contributed by atoms with van der Waals surface area (Å²) in [4.78, 5) is 11.7. The van der Waals surface area contributed by atoms with E-state index in [1.807, 2.05) is 65.2 Å². The minimum Gasteiger partial charge on any atom is -0.468 e. The highest BCUT2D eigenvalue weighted by molar-refractivity contribution is 8.00. The Labute approximate surface area is 144 Å². The molecule has 5 nitrogen and oxygen atoms in total. The zero-order chi connectivity index (χ0) is 16.9. The average molecular weight is 339 g/mol. The number of nitrogens with zero attached hydrogens (tertiary/aromatic N) is 3. The number of hydrogen-bond donors (Lipinski definition) is 0. The van der Waals surface area contributed by atoms with Crippen LogP contribution < -0.4 is 0 Å². The lowest BCUT2D eigenvalue weighted by molar-refractivity contribution is -0.139. The van der Waals surface area contributed by atoms with Gasteiger partial charge < -0.3 is 4.74 Å². The number of benzene rings is 2. The summed E-state index contributed by atoms with van der Waals surface area (Å²) in [5, 5.41) is 8.92. The summed E-state index contributed by atoms with van der Waals surface area (Å²) < 4.78 is 6.76. The van der Waals surface area contributed by atoms with E-state index < -0.39 is 0 Å². The molecule has 0 saturated carbocycles. The summed E-state index contributed by atoms with van der Waals surface area (Å²) in [6, 6.07) is 19.7. The highest BCUT2D eigenvalue weighted by atomic mass is 32.2. The molecular formula is C18H17N3O2S. The highest BCUT2D eigenvalue weighted by Crippen LogP contribution is 2.30. The Morgan fingerprint density at radius 2 is 1.67 bits per heavy atom. The number of carbonyl (C=O) groups excluding carboxylic acids is 1. The van der Waals surface area contributed by atoms with Gasteiger partial charge in [-0.05, 0) is 19.1 Å². The Bertz CT molecular complexity index is 819. The first-order valence-corrected chi connectivity index (χ1v) is 8.39. The van der Waals surface area contributed by atoms with Crippen molar-refractivity contribution in [3.8, 4) is 17.1 Å². The molecule has 1 unspecified atom stereocenters. The number of rotatable bonds is 5. The van der Waals surface area contributed by atoms with E-state index in [-0.39, 0.29) is 11.2 Å². The molecule has 3 rings (SSSR count). The van der Waals surface area contributed by atoms with Gasteiger partial charge in [0.15, 0.2) is 11.0 Å². The van der Waals surface area contributed by atoms with Crippen molar-refractivity contribution < 1.29 is 9.53 Å². The number of methoxy groups -OCH3 is 1. The summed E-state index contributed by atoms with van der Waals surface area (Å²) >= 11 is 1.33. The Kier molecular flexibility index (Phi) is 4.96.